The fraction of sp³-hybridized carbons (Fsp3) is 0.350. The quantitative estimate of drug-likeness (QED) is 0.526. The van der Waals surface area contributed by atoms with Crippen LogP contribution in [-0.2, 0) is 5.54 Å². The van der Waals surface area contributed by atoms with Crippen molar-refractivity contribution in [1.29, 1.82) is 0 Å². The lowest BCUT2D eigenvalue weighted by atomic mass is 10.1. The number of aromatic amines is 1. The summed E-state index contributed by atoms with van der Waals surface area (Å²) in [6.45, 7) is 0.219. The van der Waals surface area contributed by atoms with Gasteiger partial charge >= 0.3 is 6.03 Å². The molecule has 0 spiro atoms. The van der Waals surface area contributed by atoms with Gasteiger partial charge in [-0.15, -0.1) is 5.10 Å². The van der Waals surface area contributed by atoms with Gasteiger partial charge in [-0.3, -0.25) is 10.4 Å². The molecule has 28 heavy (non-hydrogen) atoms. The summed E-state index contributed by atoms with van der Waals surface area (Å²) in [6.07, 6.45) is 4.95. The van der Waals surface area contributed by atoms with Crippen LogP contribution in [0.4, 0.5) is 10.6 Å². The number of H-pyrrole nitrogens is 1. The number of fused-ring (bicyclic) bond motifs is 1. The summed E-state index contributed by atoms with van der Waals surface area (Å²) in [6, 6.07) is 11.4. The van der Waals surface area contributed by atoms with E-state index in [0.29, 0.717) is 22.6 Å². The van der Waals surface area contributed by atoms with Gasteiger partial charge in [0.2, 0.25) is 5.88 Å². The van der Waals surface area contributed by atoms with Crippen molar-refractivity contribution in [1.82, 2.24) is 20.5 Å². The molecule has 8 nitrogen and oxygen atoms in total. The van der Waals surface area contributed by atoms with Gasteiger partial charge in [-0.2, -0.15) is 0 Å². The second-order valence-corrected chi connectivity index (χ2v) is 7.68. The van der Waals surface area contributed by atoms with Gasteiger partial charge in [-0.05, 0) is 31.2 Å². The molecule has 2 heterocycles. The van der Waals surface area contributed by atoms with E-state index in [4.69, 9.17) is 4.74 Å². The van der Waals surface area contributed by atoms with Crippen LogP contribution in [0.1, 0.15) is 31.2 Å². The zero-order valence-electron chi connectivity index (χ0n) is 15.2. The number of amides is 2. The molecule has 0 aliphatic heterocycles. The number of benzene rings is 1. The molecule has 0 atom stereocenters. The standard InChI is InChI=1S/C20H21N5O3/c26-18(23-20(8-9-20)13-4-2-1-3-5-13)22-16-10-15-14(11-21-16)17(25-24-15)28-12-19(27)6-7-19/h1-5,10-11,27H,6-9,12H2,(H,24,25)(H2,21,22,23,26). The highest BCUT2D eigenvalue weighted by Crippen LogP contribution is 2.45. The Hall–Kier alpha value is -3.13. The van der Waals surface area contributed by atoms with E-state index < -0.39 is 5.60 Å². The Morgan fingerprint density at radius 2 is 2.00 bits per heavy atom. The topological polar surface area (TPSA) is 112 Å². The van der Waals surface area contributed by atoms with Gasteiger partial charge in [0, 0.05) is 12.3 Å². The molecule has 144 valence electrons. The second-order valence-electron chi connectivity index (χ2n) is 7.68. The van der Waals surface area contributed by atoms with E-state index in [0.717, 1.165) is 31.2 Å². The third-order valence-electron chi connectivity index (χ3n) is 5.39. The molecule has 5 rings (SSSR count). The zero-order valence-corrected chi connectivity index (χ0v) is 15.2. The number of aliphatic hydroxyl groups is 1. The molecule has 2 aromatic heterocycles. The summed E-state index contributed by atoms with van der Waals surface area (Å²) >= 11 is 0. The fourth-order valence-corrected chi connectivity index (χ4v) is 3.29. The van der Waals surface area contributed by atoms with Gasteiger partial charge in [0.05, 0.1) is 22.0 Å². The molecule has 2 aliphatic rings. The van der Waals surface area contributed by atoms with Gasteiger partial charge in [0.15, 0.2) is 0 Å². The lowest BCUT2D eigenvalue weighted by Gasteiger charge is -2.18. The Kier molecular flexibility index (Phi) is 3.77. The first kappa shape index (κ1) is 17.0. The average molecular weight is 379 g/mol. The number of ether oxygens (including phenoxy) is 1. The lowest BCUT2D eigenvalue weighted by molar-refractivity contribution is 0.0840. The summed E-state index contributed by atoms with van der Waals surface area (Å²) in [5.41, 5.74) is 0.817. The van der Waals surface area contributed by atoms with Crippen LogP contribution in [0.5, 0.6) is 5.88 Å². The normalized spacial score (nSPS) is 18.5. The van der Waals surface area contributed by atoms with E-state index in [9.17, 15) is 9.90 Å². The van der Waals surface area contributed by atoms with Crippen LogP contribution in [0.15, 0.2) is 42.6 Å². The molecule has 2 aliphatic carbocycles. The third-order valence-corrected chi connectivity index (χ3v) is 5.39. The van der Waals surface area contributed by atoms with Crippen molar-refractivity contribution in [2.24, 2.45) is 0 Å². The Labute approximate surface area is 161 Å². The van der Waals surface area contributed by atoms with E-state index in [-0.39, 0.29) is 18.2 Å². The number of nitrogens with one attached hydrogen (secondary N) is 3. The molecule has 3 aromatic rings. The summed E-state index contributed by atoms with van der Waals surface area (Å²) in [5, 5.41) is 23.4. The van der Waals surface area contributed by atoms with Gasteiger partial charge < -0.3 is 15.2 Å². The summed E-state index contributed by atoms with van der Waals surface area (Å²) in [5.74, 6) is 0.824. The van der Waals surface area contributed by atoms with Crippen LogP contribution < -0.4 is 15.4 Å². The Morgan fingerprint density at radius 3 is 2.71 bits per heavy atom. The molecule has 0 saturated heterocycles. The molecular weight excluding hydrogens is 358 g/mol. The Morgan fingerprint density at radius 1 is 1.21 bits per heavy atom. The highest BCUT2D eigenvalue weighted by Gasteiger charge is 2.45. The number of urea groups is 1. The van der Waals surface area contributed by atoms with Crippen LogP contribution in [0.25, 0.3) is 10.9 Å². The van der Waals surface area contributed by atoms with E-state index in [1.54, 1.807) is 12.3 Å². The minimum Gasteiger partial charge on any atom is -0.473 e. The molecule has 4 N–H and O–H groups in total. The minimum atomic E-state index is -0.712. The van der Waals surface area contributed by atoms with Crippen LogP contribution in [0, 0.1) is 0 Å². The summed E-state index contributed by atoms with van der Waals surface area (Å²) < 4.78 is 5.60. The maximum absolute atomic E-state index is 12.5. The highest BCUT2D eigenvalue weighted by molar-refractivity contribution is 5.92. The molecule has 0 unspecified atom stereocenters. The summed E-state index contributed by atoms with van der Waals surface area (Å²) in [4.78, 5) is 16.8. The number of pyridine rings is 1. The zero-order chi connectivity index (χ0) is 19.2. The smallest absolute Gasteiger partial charge is 0.321 e. The van der Waals surface area contributed by atoms with Crippen molar-refractivity contribution in [2.45, 2.75) is 36.8 Å². The SMILES string of the molecule is O=C(Nc1cc2[nH]nc(OCC3(O)CC3)c2cn1)NC1(c2ccccc2)CC1. The predicted molar refractivity (Wildman–Crippen MR) is 103 cm³/mol. The average Bonchev–Trinajstić information content (AvgIpc) is 3.60. The van der Waals surface area contributed by atoms with Crippen molar-refractivity contribution in [3.05, 3.63) is 48.2 Å². The van der Waals surface area contributed by atoms with Gasteiger partial charge in [0.1, 0.15) is 12.4 Å². The number of carbonyl (C=O) groups excluding carboxylic acids is 1. The minimum absolute atomic E-state index is 0.219. The number of rotatable bonds is 6. The molecule has 2 fully saturated rings. The molecule has 2 amide bonds. The van der Waals surface area contributed by atoms with Crippen LogP contribution in [0.2, 0.25) is 0 Å². The number of anilines is 1. The van der Waals surface area contributed by atoms with Gasteiger partial charge in [-0.1, -0.05) is 30.3 Å². The predicted octanol–water partition coefficient (Wildman–Crippen LogP) is 2.67. The Balaban J connectivity index is 1.26. The number of carbonyl (C=O) groups is 1. The van der Waals surface area contributed by atoms with Gasteiger partial charge in [-0.25, -0.2) is 9.78 Å². The van der Waals surface area contributed by atoms with Crippen molar-refractivity contribution in [3.63, 3.8) is 0 Å². The Bertz CT molecular complexity index is 1020. The maximum Gasteiger partial charge on any atom is 0.321 e. The van der Waals surface area contributed by atoms with E-state index >= 15 is 0 Å². The molecule has 0 radical (unpaired) electrons. The van der Waals surface area contributed by atoms with Gasteiger partial charge in [0.25, 0.3) is 0 Å². The first-order valence-electron chi connectivity index (χ1n) is 9.39. The first-order chi connectivity index (χ1) is 13.6. The maximum atomic E-state index is 12.5. The van der Waals surface area contributed by atoms with Crippen molar-refractivity contribution < 1.29 is 14.6 Å². The number of aromatic nitrogens is 3. The molecule has 1 aromatic carbocycles. The van der Waals surface area contributed by atoms with Crippen molar-refractivity contribution >= 4 is 22.8 Å². The van der Waals surface area contributed by atoms with Crippen molar-refractivity contribution in [2.75, 3.05) is 11.9 Å². The fourth-order valence-electron chi connectivity index (χ4n) is 3.29. The van der Waals surface area contributed by atoms with E-state index in [2.05, 4.69) is 25.8 Å². The summed E-state index contributed by atoms with van der Waals surface area (Å²) in [7, 11) is 0. The molecular formula is C20H21N5O3. The number of hydrogen-bond acceptors (Lipinski definition) is 5. The molecule has 2 saturated carbocycles. The number of nitrogens with zero attached hydrogens (tertiary/aromatic N) is 2. The third kappa shape index (κ3) is 3.27. The highest BCUT2D eigenvalue weighted by atomic mass is 16.5. The second kappa shape index (κ2) is 6.20. The van der Waals surface area contributed by atoms with Crippen LogP contribution in [0.3, 0.4) is 0 Å². The van der Waals surface area contributed by atoms with E-state index in [1.165, 1.54) is 0 Å². The lowest BCUT2D eigenvalue weighted by Crippen LogP contribution is -2.38. The van der Waals surface area contributed by atoms with E-state index in [1.807, 2.05) is 30.3 Å². The first-order valence-corrected chi connectivity index (χ1v) is 9.39. The van der Waals surface area contributed by atoms with Crippen LogP contribution >= 0.6 is 0 Å². The monoisotopic (exact) mass is 379 g/mol. The molecule has 0 bridgehead atoms. The largest absolute Gasteiger partial charge is 0.473 e. The van der Waals surface area contributed by atoms with Crippen molar-refractivity contribution in [3.8, 4) is 5.88 Å². The number of hydrogen-bond donors (Lipinski definition) is 4. The molecule has 8 heteroatoms. The van der Waals surface area contributed by atoms with Crippen LogP contribution in [-0.4, -0.2) is 38.5 Å².